The zero-order valence-corrected chi connectivity index (χ0v) is 12.7. The Balaban J connectivity index is 1.67. The predicted octanol–water partition coefficient (Wildman–Crippen LogP) is 4.12. The standard InChI is InChI=1S/C19H20O3/c1-20-12-11-17-9-7-16-8-10-18(13-19(16)22-17)21-14-15-5-3-2-4-6-15/h2-6,8,10-13,17H,7,9,14H2,1H3. The van der Waals surface area contributed by atoms with Crippen molar-refractivity contribution in [2.24, 2.45) is 0 Å². The summed E-state index contributed by atoms with van der Waals surface area (Å²) in [5.41, 5.74) is 2.39. The average molecular weight is 296 g/mol. The van der Waals surface area contributed by atoms with E-state index in [0.29, 0.717) is 6.61 Å². The van der Waals surface area contributed by atoms with Crippen LogP contribution in [0.4, 0.5) is 0 Å². The predicted molar refractivity (Wildman–Crippen MR) is 86.1 cm³/mol. The van der Waals surface area contributed by atoms with Gasteiger partial charge in [0, 0.05) is 6.07 Å². The first-order chi connectivity index (χ1) is 10.8. The number of hydrogen-bond donors (Lipinski definition) is 0. The maximum Gasteiger partial charge on any atom is 0.127 e. The molecule has 1 aliphatic rings. The zero-order chi connectivity index (χ0) is 15.2. The summed E-state index contributed by atoms with van der Waals surface area (Å²) in [6.07, 6.45) is 5.66. The van der Waals surface area contributed by atoms with Crippen molar-refractivity contribution in [2.45, 2.75) is 25.6 Å². The van der Waals surface area contributed by atoms with Crippen molar-refractivity contribution in [3.63, 3.8) is 0 Å². The molecule has 0 bridgehead atoms. The molecular weight excluding hydrogens is 276 g/mol. The van der Waals surface area contributed by atoms with Crippen LogP contribution in [0.3, 0.4) is 0 Å². The van der Waals surface area contributed by atoms with E-state index < -0.39 is 0 Å². The van der Waals surface area contributed by atoms with Crippen molar-refractivity contribution in [3.8, 4) is 11.5 Å². The van der Waals surface area contributed by atoms with E-state index in [1.807, 2.05) is 36.4 Å². The van der Waals surface area contributed by atoms with E-state index in [4.69, 9.17) is 14.2 Å². The lowest BCUT2D eigenvalue weighted by molar-refractivity contribution is 0.211. The van der Waals surface area contributed by atoms with Gasteiger partial charge in [0.2, 0.25) is 0 Å². The second-order valence-corrected chi connectivity index (χ2v) is 5.30. The molecule has 1 atom stereocenters. The second kappa shape index (κ2) is 7.03. The summed E-state index contributed by atoms with van der Waals surface area (Å²) >= 11 is 0. The van der Waals surface area contributed by atoms with Crippen LogP contribution in [0.25, 0.3) is 0 Å². The Morgan fingerprint density at radius 2 is 2.05 bits per heavy atom. The van der Waals surface area contributed by atoms with Gasteiger partial charge in [-0.25, -0.2) is 0 Å². The Bertz CT molecular complexity index is 634. The molecule has 3 heteroatoms. The zero-order valence-electron chi connectivity index (χ0n) is 12.7. The minimum Gasteiger partial charge on any atom is -0.505 e. The molecule has 0 amide bonds. The lowest BCUT2D eigenvalue weighted by atomic mass is 10.0. The van der Waals surface area contributed by atoms with Crippen LogP contribution in [-0.2, 0) is 17.8 Å². The summed E-state index contributed by atoms with van der Waals surface area (Å²) in [5, 5.41) is 0. The van der Waals surface area contributed by atoms with E-state index in [9.17, 15) is 0 Å². The maximum atomic E-state index is 5.98. The molecule has 0 fully saturated rings. The number of aryl methyl sites for hydroxylation is 1. The summed E-state index contributed by atoms with van der Waals surface area (Å²) in [4.78, 5) is 0. The first-order valence-electron chi connectivity index (χ1n) is 7.51. The molecule has 0 aliphatic carbocycles. The van der Waals surface area contributed by atoms with Crippen LogP contribution in [0.15, 0.2) is 60.9 Å². The highest BCUT2D eigenvalue weighted by Crippen LogP contribution is 2.32. The molecule has 0 saturated heterocycles. The Labute approximate surface area is 131 Å². The summed E-state index contributed by atoms with van der Waals surface area (Å²) in [6, 6.07) is 16.2. The van der Waals surface area contributed by atoms with Crippen LogP contribution in [0, 0.1) is 0 Å². The van der Waals surface area contributed by atoms with E-state index >= 15 is 0 Å². The average Bonchev–Trinajstić information content (AvgIpc) is 2.58. The van der Waals surface area contributed by atoms with E-state index in [-0.39, 0.29) is 6.10 Å². The molecule has 3 nitrogen and oxygen atoms in total. The van der Waals surface area contributed by atoms with Gasteiger partial charge in [-0.1, -0.05) is 36.4 Å². The third kappa shape index (κ3) is 3.61. The van der Waals surface area contributed by atoms with Gasteiger partial charge in [-0.3, -0.25) is 0 Å². The van der Waals surface area contributed by atoms with Gasteiger partial charge in [0.05, 0.1) is 13.4 Å². The third-order valence-corrected chi connectivity index (χ3v) is 3.69. The second-order valence-electron chi connectivity index (χ2n) is 5.30. The lowest BCUT2D eigenvalue weighted by Crippen LogP contribution is -2.20. The number of ether oxygens (including phenoxy) is 3. The summed E-state index contributed by atoms with van der Waals surface area (Å²) < 4.78 is 16.8. The van der Waals surface area contributed by atoms with Crippen LogP contribution in [0.2, 0.25) is 0 Å². The van der Waals surface area contributed by atoms with Gasteiger partial charge >= 0.3 is 0 Å². The number of rotatable bonds is 5. The van der Waals surface area contributed by atoms with Crippen molar-refractivity contribution in [3.05, 3.63) is 72.0 Å². The van der Waals surface area contributed by atoms with Crippen molar-refractivity contribution >= 4 is 0 Å². The highest BCUT2D eigenvalue weighted by atomic mass is 16.5. The van der Waals surface area contributed by atoms with Gasteiger partial charge in [0.15, 0.2) is 0 Å². The van der Waals surface area contributed by atoms with Crippen molar-refractivity contribution < 1.29 is 14.2 Å². The molecule has 0 N–H and O–H groups in total. The van der Waals surface area contributed by atoms with Crippen molar-refractivity contribution in [1.82, 2.24) is 0 Å². The monoisotopic (exact) mass is 296 g/mol. The summed E-state index contributed by atoms with van der Waals surface area (Å²) in [7, 11) is 1.64. The quantitative estimate of drug-likeness (QED) is 0.777. The number of benzene rings is 2. The van der Waals surface area contributed by atoms with Crippen LogP contribution < -0.4 is 9.47 Å². The van der Waals surface area contributed by atoms with Gasteiger partial charge in [0.25, 0.3) is 0 Å². The summed E-state index contributed by atoms with van der Waals surface area (Å²) in [6.45, 7) is 0.562. The minimum atomic E-state index is 0.0665. The molecule has 114 valence electrons. The first kappa shape index (κ1) is 14.5. The highest BCUT2D eigenvalue weighted by Gasteiger charge is 2.18. The van der Waals surface area contributed by atoms with E-state index in [1.54, 1.807) is 13.4 Å². The van der Waals surface area contributed by atoms with Gasteiger partial charge in [-0.2, -0.15) is 0 Å². The van der Waals surface area contributed by atoms with Gasteiger partial charge in [-0.05, 0) is 36.1 Å². The topological polar surface area (TPSA) is 27.7 Å². The van der Waals surface area contributed by atoms with E-state index in [0.717, 1.165) is 29.9 Å². The number of fused-ring (bicyclic) bond motifs is 1. The fourth-order valence-corrected chi connectivity index (χ4v) is 2.50. The van der Waals surface area contributed by atoms with Crippen LogP contribution in [-0.4, -0.2) is 13.2 Å². The Kier molecular flexibility index (Phi) is 4.64. The first-order valence-corrected chi connectivity index (χ1v) is 7.51. The van der Waals surface area contributed by atoms with Crippen LogP contribution in [0.5, 0.6) is 11.5 Å². The molecular formula is C19H20O3. The van der Waals surface area contributed by atoms with E-state index in [1.165, 1.54) is 5.56 Å². The highest BCUT2D eigenvalue weighted by molar-refractivity contribution is 5.42. The van der Waals surface area contributed by atoms with E-state index in [2.05, 4.69) is 18.2 Å². The summed E-state index contributed by atoms with van der Waals surface area (Å²) in [5.74, 6) is 1.74. The molecule has 1 heterocycles. The molecule has 0 radical (unpaired) electrons. The molecule has 3 rings (SSSR count). The van der Waals surface area contributed by atoms with Gasteiger partial charge < -0.3 is 14.2 Å². The largest absolute Gasteiger partial charge is 0.505 e. The van der Waals surface area contributed by atoms with Crippen LogP contribution in [0.1, 0.15) is 17.5 Å². The SMILES string of the molecule is COC=CC1CCc2ccc(OCc3ccccc3)cc2O1. The minimum absolute atomic E-state index is 0.0665. The molecule has 2 aromatic carbocycles. The maximum absolute atomic E-state index is 5.98. The Hall–Kier alpha value is -2.42. The fraction of sp³-hybridized carbons (Fsp3) is 0.263. The molecule has 1 unspecified atom stereocenters. The lowest BCUT2D eigenvalue weighted by Gasteiger charge is -2.24. The van der Waals surface area contributed by atoms with Gasteiger partial charge in [0.1, 0.15) is 24.2 Å². The smallest absolute Gasteiger partial charge is 0.127 e. The normalized spacial score (nSPS) is 16.9. The van der Waals surface area contributed by atoms with Gasteiger partial charge in [-0.15, -0.1) is 0 Å². The molecule has 22 heavy (non-hydrogen) atoms. The third-order valence-electron chi connectivity index (χ3n) is 3.69. The van der Waals surface area contributed by atoms with Crippen LogP contribution >= 0.6 is 0 Å². The molecule has 1 aliphatic heterocycles. The number of methoxy groups -OCH3 is 1. The number of hydrogen-bond acceptors (Lipinski definition) is 3. The molecule has 2 aromatic rings. The van der Waals surface area contributed by atoms with Crippen molar-refractivity contribution in [1.29, 1.82) is 0 Å². The molecule has 0 aromatic heterocycles. The Morgan fingerprint density at radius 3 is 2.86 bits per heavy atom. The Morgan fingerprint density at radius 1 is 1.18 bits per heavy atom. The fourth-order valence-electron chi connectivity index (χ4n) is 2.50. The molecule has 0 spiro atoms. The van der Waals surface area contributed by atoms with Crippen molar-refractivity contribution in [2.75, 3.05) is 7.11 Å². The molecule has 0 saturated carbocycles.